The van der Waals surface area contributed by atoms with E-state index in [1.165, 1.54) is 12.8 Å². The minimum absolute atomic E-state index is 0.219. The topological polar surface area (TPSA) is 83.9 Å². The zero-order chi connectivity index (χ0) is 17.4. The lowest BCUT2D eigenvalue weighted by molar-refractivity contribution is -0.463. The van der Waals surface area contributed by atoms with Crippen molar-refractivity contribution in [3.05, 3.63) is 33.8 Å². The van der Waals surface area contributed by atoms with Crippen molar-refractivity contribution in [2.45, 2.75) is 25.1 Å². The van der Waals surface area contributed by atoms with Gasteiger partial charge >= 0.3 is 0 Å². The van der Waals surface area contributed by atoms with E-state index >= 15 is 0 Å². The minimum Gasteiger partial charge on any atom is -0.464 e. The third-order valence-corrected chi connectivity index (χ3v) is 4.51. The van der Waals surface area contributed by atoms with Crippen molar-refractivity contribution in [2.24, 2.45) is 10.9 Å². The largest absolute Gasteiger partial charge is 0.464 e. The average molecular weight is 354 g/mol. The molecule has 0 radical (unpaired) electrons. The highest BCUT2D eigenvalue weighted by molar-refractivity contribution is 7.98. The first-order valence-corrected chi connectivity index (χ1v) is 9.37. The Labute approximate surface area is 147 Å². The van der Waals surface area contributed by atoms with Crippen molar-refractivity contribution in [2.75, 3.05) is 39.5 Å². The molecule has 0 aliphatic heterocycles. The maximum atomic E-state index is 10.7. The van der Waals surface area contributed by atoms with E-state index in [4.69, 9.17) is 4.42 Å². The number of aliphatic imine (C=N–C) groups is 1. The van der Waals surface area contributed by atoms with Crippen LogP contribution in [0.1, 0.15) is 24.4 Å². The van der Waals surface area contributed by atoms with E-state index in [2.05, 4.69) is 15.2 Å². The molecule has 2 rings (SSSR count). The predicted molar refractivity (Wildman–Crippen MR) is 97.2 cm³/mol. The Hall–Kier alpha value is -1.54. The summed E-state index contributed by atoms with van der Waals surface area (Å²) in [5.41, 5.74) is 0. The summed E-state index contributed by atoms with van der Waals surface area (Å²) in [6.07, 6.45) is 2.40. The van der Waals surface area contributed by atoms with Gasteiger partial charge in [0.2, 0.25) is 0 Å². The molecule has 1 fully saturated rings. The maximum absolute atomic E-state index is 10.7. The zero-order valence-electron chi connectivity index (χ0n) is 14.4. The van der Waals surface area contributed by atoms with Gasteiger partial charge in [0.15, 0.2) is 5.84 Å². The van der Waals surface area contributed by atoms with Crippen molar-refractivity contribution in [3.8, 4) is 0 Å². The van der Waals surface area contributed by atoms with Crippen molar-refractivity contribution < 1.29 is 9.34 Å². The Balaban J connectivity index is 1.64. The van der Waals surface area contributed by atoms with E-state index in [1.807, 2.05) is 26.2 Å². The van der Waals surface area contributed by atoms with E-state index in [0.717, 1.165) is 29.6 Å². The second-order valence-corrected chi connectivity index (χ2v) is 7.41. The quantitative estimate of drug-likeness (QED) is 0.216. The number of rotatable bonds is 11. The lowest BCUT2D eigenvalue weighted by Gasteiger charge is -2.07. The van der Waals surface area contributed by atoms with Gasteiger partial charge in [0.05, 0.1) is 12.3 Å². The first-order valence-electron chi connectivity index (χ1n) is 8.22. The van der Waals surface area contributed by atoms with Gasteiger partial charge in [-0.05, 0) is 45.0 Å². The molecule has 0 aromatic carbocycles. The Kier molecular flexibility index (Phi) is 7.58. The molecule has 0 spiro atoms. The molecule has 0 bridgehead atoms. The van der Waals surface area contributed by atoms with Gasteiger partial charge in [0.25, 0.3) is 6.54 Å². The fourth-order valence-electron chi connectivity index (χ4n) is 2.16. The van der Waals surface area contributed by atoms with Crippen LogP contribution in [0.25, 0.3) is 0 Å². The number of amidine groups is 1. The molecule has 1 saturated carbocycles. The number of thioether (sulfide) groups is 1. The summed E-state index contributed by atoms with van der Waals surface area (Å²) < 4.78 is 5.75. The summed E-state index contributed by atoms with van der Waals surface area (Å²) in [7, 11) is 4.02. The van der Waals surface area contributed by atoms with Crippen LogP contribution in [0.3, 0.4) is 0 Å². The monoisotopic (exact) mass is 354 g/mol. The third-order valence-electron chi connectivity index (χ3n) is 3.53. The smallest absolute Gasteiger partial charge is 0.259 e. The number of nitro groups is 1. The lowest BCUT2D eigenvalue weighted by atomic mass is 10.4. The van der Waals surface area contributed by atoms with Gasteiger partial charge in [-0.15, -0.1) is 0 Å². The van der Waals surface area contributed by atoms with E-state index < -0.39 is 0 Å². The van der Waals surface area contributed by atoms with E-state index in [9.17, 15) is 10.1 Å². The van der Waals surface area contributed by atoms with Crippen LogP contribution in [0, 0.1) is 16.0 Å². The molecule has 1 aromatic rings. The molecule has 0 saturated heterocycles. The molecule has 1 aliphatic carbocycles. The second-order valence-electron chi connectivity index (χ2n) is 6.31. The number of nitrogens with zero attached hydrogens (tertiary/aromatic N) is 3. The number of hydrogen-bond donors (Lipinski definition) is 1. The van der Waals surface area contributed by atoms with Crippen molar-refractivity contribution >= 4 is 17.6 Å². The lowest BCUT2D eigenvalue weighted by Crippen LogP contribution is -2.32. The predicted octanol–water partition coefficient (Wildman–Crippen LogP) is 2.25. The van der Waals surface area contributed by atoms with Crippen LogP contribution in [0.15, 0.2) is 21.5 Å². The Morgan fingerprint density at radius 3 is 2.88 bits per heavy atom. The summed E-state index contributed by atoms with van der Waals surface area (Å²) in [6.45, 7) is 1.97. The van der Waals surface area contributed by atoms with Crippen molar-refractivity contribution in [1.29, 1.82) is 0 Å². The van der Waals surface area contributed by atoms with Crippen LogP contribution in [0.4, 0.5) is 0 Å². The Bertz CT molecular complexity index is 555. The van der Waals surface area contributed by atoms with Crippen molar-refractivity contribution in [1.82, 2.24) is 10.2 Å². The average Bonchev–Trinajstić information content (AvgIpc) is 3.23. The molecule has 0 amide bonds. The van der Waals surface area contributed by atoms with E-state index in [0.29, 0.717) is 24.8 Å². The fourth-order valence-corrected chi connectivity index (χ4v) is 2.91. The van der Waals surface area contributed by atoms with Crippen LogP contribution in [0.5, 0.6) is 0 Å². The third kappa shape index (κ3) is 7.83. The van der Waals surface area contributed by atoms with Gasteiger partial charge in [-0.1, -0.05) is 0 Å². The van der Waals surface area contributed by atoms with Gasteiger partial charge in [-0.2, -0.15) is 11.8 Å². The molecule has 0 unspecified atom stereocenters. The van der Waals surface area contributed by atoms with E-state index in [1.54, 1.807) is 11.8 Å². The maximum Gasteiger partial charge on any atom is 0.259 e. The Morgan fingerprint density at radius 2 is 2.21 bits per heavy atom. The normalized spacial score (nSPS) is 15.0. The Morgan fingerprint density at radius 1 is 1.46 bits per heavy atom. The van der Waals surface area contributed by atoms with Crippen LogP contribution < -0.4 is 5.32 Å². The fraction of sp³-hybridized carbons (Fsp3) is 0.688. The van der Waals surface area contributed by atoms with Crippen LogP contribution >= 0.6 is 11.8 Å². The van der Waals surface area contributed by atoms with Gasteiger partial charge < -0.3 is 14.6 Å². The summed E-state index contributed by atoms with van der Waals surface area (Å²) in [4.78, 5) is 16.8. The highest BCUT2D eigenvalue weighted by Gasteiger charge is 2.21. The van der Waals surface area contributed by atoms with Gasteiger partial charge in [0.1, 0.15) is 11.5 Å². The molecule has 1 aliphatic rings. The van der Waals surface area contributed by atoms with Crippen LogP contribution in [0.2, 0.25) is 0 Å². The first-order chi connectivity index (χ1) is 11.5. The van der Waals surface area contributed by atoms with Gasteiger partial charge in [-0.3, -0.25) is 15.1 Å². The molecule has 1 N–H and O–H groups in total. The summed E-state index contributed by atoms with van der Waals surface area (Å²) >= 11 is 1.74. The van der Waals surface area contributed by atoms with Gasteiger partial charge in [0, 0.05) is 23.8 Å². The standard InChI is InChI=1S/C16H26N4O3S/c1-19(2)10-14-5-6-15(23-14)12-24-8-7-17-16(11-20(21)22)18-9-13-3-4-13/h5-6,13H,3-4,7-12H2,1-2H3,(H,17,18). The molecule has 0 atom stereocenters. The molecule has 8 heteroatoms. The van der Waals surface area contributed by atoms with Crippen LogP contribution in [-0.2, 0) is 12.3 Å². The molecule has 134 valence electrons. The number of hydrogen-bond acceptors (Lipinski definition) is 6. The molecule has 1 heterocycles. The summed E-state index contributed by atoms with van der Waals surface area (Å²) in [5, 5.41) is 13.8. The SMILES string of the molecule is CN(C)Cc1ccc(CSCCNC(C[N+](=O)[O-])=NCC2CC2)o1. The van der Waals surface area contributed by atoms with Crippen LogP contribution in [-0.4, -0.2) is 55.1 Å². The zero-order valence-corrected chi connectivity index (χ0v) is 15.2. The van der Waals surface area contributed by atoms with Crippen molar-refractivity contribution in [3.63, 3.8) is 0 Å². The molecule has 24 heavy (non-hydrogen) atoms. The van der Waals surface area contributed by atoms with Gasteiger partial charge in [-0.25, -0.2) is 0 Å². The summed E-state index contributed by atoms with van der Waals surface area (Å²) in [5.74, 6) is 4.72. The molecular weight excluding hydrogens is 328 g/mol. The van der Waals surface area contributed by atoms with E-state index in [-0.39, 0.29) is 11.5 Å². The molecule has 7 nitrogen and oxygen atoms in total. The number of nitrogens with one attached hydrogen (secondary N) is 1. The second kappa shape index (κ2) is 9.68. The molecular formula is C16H26N4O3S. The first kappa shape index (κ1) is 18.8. The summed E-state index contributed by atoms with van der Waals surface area (Å²) in [6, 6.07) is 4.02. The number of furan rings is 1. The highest BCUT2D eigenvalue weighted by atomic mass is 32.2. The molecule has 1 aromatic heterocycles. The highest BCUT2D eigenvalue weighted by Crippen LogP contribution is 2.28. The minimum atomic E-state index is -0.332.